The molecule has 0 radical (unpaired) electrons. The number of hydrogen-bond acceptors (Lipinski definition) is 2. The smallest absolute Gasteiger partial charge is 0.167 e. The van der Waals surface area contributed by atoms with Crippen LogP contribution in [0.15, 0.2) is 76.6 Å². The summed E-state index contributed by atoms with van der Waals surface area (Å²) in [5, 5.41) is 3.96. The van der Waals surface area contributed by atoms with E-state index >= 15 is 0 Å². The van der Waals surface area contributed by atoms with Gasteiger partial charge >= 0.3 is 0 Å². The van der Waals surface area contributed by atoms with Crippen molar-refractivity contribution in [1.82, 2.24) is 0 Å². The summed E-state index contributed by atoms with van der Waals surface area (Å²) in [5.74, 6) is 0.0615. The van der Waals surface area contributed by atoms with Crippen molar-refractivity contribution in [3.8, 4) is 11.1 Å². The first-order chi connectivity index (χ1) is 12.6. The molecule has 4 heteroatoms. The highest BCUT2D eigenvalue weighted by Gasteiger charge is 2.16. The first kappa shape index (κ1) is 17.5. The molecular formula is C22H14BrClOS. The zero-order chi connectivity index (χ0) is 18.1. The molecule has 0 unspecified atom stereocenters. The van der Waals surface area contributed by atoms with Crippen LogP contribution in [0.3, 0.4) is 0 Å². The SMILES string of the molecule is O=C(Cc1c(Cl)cccc1-c1csc2ccccc12)c1ccc(Br)cc1. The maximum absolute atomic E-state index is 12.8. The van der Waals surface area contributed by atoms with E-state index in [1.165, 1.54) is 10.1 Å². The third-order valence-corrected chi connectivity index (χ3v) is 6.24. The van der Waals surface area contributed by atoms with Crippen LogP contribution in [0.2, 0.25) is 5.02 Å². The molecule has 0 amide bonds. The van der Waals surface area contributed by atoms with Gasteiger partial charge in [0.25, 0.3) is 0 Å². The molecular weight excluding hydrogens is 428 g/mol. The highest BCUT2D eigenvalue weighted by molar-refractivity contribution is 9.10. The molecule has 128 valence electrons. The lowest BCUT2D eigenvalue weighted by molar-refractivity contribution is 0.0993. The van der Waals surface area contributed by atoms with Crippen molar-refractivity contribution in [2.75, 3.05) is 0 Å². The van der Waals surface area contributed by atoms with Crippen LogP contribution in [0.4, 0.5) is 0 Å². The predicted molar refractivity (Wildman–Crippen MR) is 114 cm³/mol. The van der Waals surface area contributed by atoms with Gasteiger partial charge in [0.2, 0.25) is 0 Å². The fourth-order valence-corrected chi connectivity index (χ4v) is 4.54. The molecule has 1 heterocycles. The molecule has 0 aliphatic rings. The van der Waals surface area contributed by atoms with Gasteiger partial charge in [0, 0.05) is 37.1 Å². The highest BCUT2D eigenvalue weighted by atomic mass is 79.9. The lowest BCUT2D eigenvalue weighted by Gasteiger charge is -2.11. The van der Waals surface area contributed by atoms with E-state index in [0.717, 1.165) is 21.2 Å². The van der Waals surface area contributed by atoms with E-state index in [1.807, 2.05) is 54.6 Å². The monoisotopic (exact) mass is 440 g/mol. The van der Waals surface area contributed by atoms with E-state index in [4.69, 9.17) is 11.6 Å². The van der Waals surface area contributed by atoms with Crippen LogP contribution in [0.25, 0.3) is 21.2 Å². The molecule has 0 atom stereocenters. The van der Waals surface area contributed by atoms with Crippen LogP contribution >= 0.6 is 38.9 Å². The van der Waals surface area contributed by atoms with Gasteiger partial charge in [0.15, 0.2) is 5.78 Å². The molecule has 0 bridgehead atoms. The van der Waals surface area contributed by atoms with Gasteiger partial charge in [-0.15, -0.1) is 11.3 Å². The molecule has 0 spiro atoms. The zero-order valence-corrected chi connectivity index (χ0v) is 16.9. The summed E-state index contributed by atoms with van der Waals surface area (Å²) in [6, 6.07) is 21.6. The summed E-state index contributed by atoms with van der Waals surface area (Å²) in [5.41, 5.74) is 3.73. The van der Waals surface area contributed by atoms with Crippen molar-refractivity contribution in [2.24, 2.45) is 0 Å². The molecule has 0 fully saturated rings. The first-order valence-electron chi connectivity index (χ1n) is 8.16. The lowest BCUT2D eigenvalue weighted by atomic mass is 9.94. The van der Waals surface area contributed by atoms with Gasteiger partial charge in [-0.3, -0.25) is 4.79 Å². The zero-order valence-electron chi connectivity index (χ0n) is 13.7. The van der Waals surface area contributed by atoms with Gasteiger partial charge in [0.05, 0.1) is 0 Å². The molecule has 4 rings (SSSR count). The lowest BCUT2D eigenvalue weighted by Crippen LogP contribution is -2.05. The number of rotatable bonds is 4. The van der Waals surface area contributed by atoms with Crippen molar-refractivity contribution >= 4 is 54.7 Å². The topological polar surface area (TPSA) is 17.1 Å². The molecule has 4 aromatic rings. The summed E-state index contributed by atoms with van der Waals surface area (Å²) >= 11 is 11.6. The minimum Gasteiger partial charge on any atom is -0.294 e. The number of carbonyl (C=O) groups is 1. The van der Waals surface area contributed by atoms with Crippen molar-refractivity contribution in [1.29, 1.82) is 0 Å². The average Bonchev–Trinajstić information content (AvgIpc) is 3.08. The Hall–Kier alpha value is -1.94. The second-order valence-corrected chi connectivity index (χ2v) is 8.25. The van der Waals surface area contributed by atoms with Gasteiger partial charge in [-0.1, -0.05) is 70.0 Å². The van der Waals surface area contributed by atoms with Gasteiger partial charge < -0.3 is 0 Å². The van der Waals surface area contributed by atoms with Crippen molar-refractivity contribution in [3.05, 3.63) is 92.7 Å². The number of Topliss-reactive ketones (excluding diaryl/α,β-unsaturated/α-hetero) is 1. The summed E-state index contributed by atoms with van der Waals surface area (Å²) < 4.78 is 2.19. The van der Waals surface area contributed by atoms with Gasteiger partial charge in [-0.25, -0.2) is 0 Å². The summed E-state index contributed by atoms with van der Waals surface area (Å²) in [6.45, 7) is 0. The molecule has 0 aliphatic heterocycles. The predicted octanol–water partition coefficient (Wildman–Crippen LogP) is 7.41. The number of hydrogen-bond donors (Lipinski definition) is 0. The van der Waals surface area contributed by atoms with Crippen LogP contribution < -0.4 is 0 Å². The van der Waals surface area contributed by atoms with E-state index < -0.39 is 0 Å². The summed E-state index contributed by atoms with van der Waals surface area (Å²) in [7, 11) is 0. The van der Waals surface area contributed by atoms with Gasteiger partial charge in [0.1, 0.15) is 0 Å². The average molecular weight is 442 g/mol. The maximum atomic E-state index is 12.8. The van der Waals surface area contributed by atoms with Crippen LogP contribution in [-0.4, -0.2) is 5.78 Å². The fourth-order valence-electron chi connectivity index (χ4n) is 3.08. The standard InChI is InChI=1S/C22H14BrClOS/c23-15-10-8-14(9-11-15)21(25)12-18-16(5-3-6-20(18)24)19-13-26-22-7-2-1-4-17(19)22/h1-11,13H,12H2. The second-order valence-electron chi connectivity index (χ2n) is 6.02. The van der Waals surface area contributed by atoms with E-state index in [9.17, 15) is 4.79 Å². The fraction of sp³-hybridized carbons (Fsp3) is 0.0455. The molecule has 1 nitrogen and oxygen atoms in total. The minimum absolute atomic E-state index is 0.0615. The van der Waals surface area contributed by atoms with E-state index in [1.54, 1.807) is 11.3 Å². The Morgan fingerprint density at radius 1 is 0.923 bits per heavy atom. The number of ketones is 1. The van der Waals surface area contributed by atoms with Crippen molar-refractivity contribution in [2.45, 2.75) is 6.42 Å². The Morgan fingerprint density at radius 2 is 1.69 bits per heavy atom. The molecule has 26 heavy (non-hydrogen) atoms. The number of benzene rings is 3. The third kappa shape index (κ3) is 3.35. The number of fused-ring (bicyclic) bond motifs is 1. The first-order valence-corrected chi connectivity index (χ1v) is 10.2. The Kier molecular flexibility index (Phi) is 4.94. The van der Waals surface area contributed by atoms with E-state index in [-0.39, 0.29) is 12.2 Å². The second kappa shape index (κ2) is 7.36. The number of carbonyl (C=O) groups excluding carboxylic acids is 1. The Bertz CT molecular complexity index is 1100. The Morgan fingerprint density at radius 3 is 2.50 bits per heavy atom. The molecule has 0 N–H and O–H groups in total. The molecule has 1 aromatic heterocycles. The quantitative estimate of drug-likeness (QED) is 0.301. The number of thiophene rings is 1. The van der Waals surface area contributed by atoms with Crippen molar-refractivity contribution in [3.63, 3.8) is 0 Å². The Balaban J connectivity index is 1.77. The summed E-state index contributed by atoms with van der Waals surface area (Å²) in [4.78, 5) is 12.8. The molecule has 3 aromatic carbocycles. The van der Waals surface area contributed by atoms with Gasteiger partial charge in [-0.2, -0.15) is 0 Å². The number of halogens is 2. The van der Waals surface area contributed by atoms with Gasteiger partial charge in [-0.05, 0) is 40.8 Å². The van der Waals surface area contributed by atoms with Crippen LogP contribution in [0.5, 0.6) is 0 Å². The largest absolute Gasteiger partial charge is 0.294 e. The van der Waals surface area contributed by atoms with E-state index in [2.05, 4.69) is 33.4 Å². The normalized spacial score (nSPS) is 11.0. The third-order valence-electron chi connectivity index (χ3n) is 4.39. The highest BCUT2D eigenvalue weighted by Crippen LogP contribution is 2.38. The minimum atomic E-state index is 0.0615. The van der Waals surface area contributed by atoms with Crippen LogP contribution in [0.1, 0.15) is 15.9 Å². The van der Waals surface area contributed by atoms with E-state index in [0.29, 0.717) is 10.6 Å². The Labute approximate surface area is 169 Å². The van der Waals surface area contributed by atoms with Crippen molar-refractivity contribution < 1.29 is 4.79 Å². The molecule has 0 aliphatic carbocycles. The maximum Gasteiger partial charge on any atom is 0.167 e. The molecule has 0 saturated carbocycles. The van der Waals surface area contributed by atoms with Crippen LogP contribution in [-0.2, 0) is 6.42 Å². The summed E-state index contributed by atoms with van der Waals surface area (Å²) in [6.07, 6.45) is 0.279. The molecule has 0 saturated heterocycles. The van der Waals surface area contributed by atoms with Crippen LogP contribution in [0, 0.1) is 0 Å².